The van der Waals surface area contributed by atoms with E-state index < -0.39 is 0 Å². The molecule has 1 saturated heterocycles. The monoisotopic (exact) mass is 359 g/mol. The number of nitrogens with two attached hydrogens (primary N) is 1. The van der Waals surface area contributed by atoms with E-state index in [1.54, 1.807) is 6.20 Å². The molecule has 1 fully saturated rings. The Morgan fingerprint density at radius 2 is 2.24 bits per heavy atom. The molecule has 0 aliphatic carbocycles. The molecule has 2 aliphatic rings. The zero-order valence-electron chi connectivity index (χ0n) is 14.1. The smallest absolute Gasteiger partial charge is 0.265 e. The first kappa shape index (κ1) is 16.4. The van der Waals surface area contributed by atoms with E-state index in [0.29, 0.717) is 23.1 Å². The highest BCUT2D eigenvalue weighted by molar-refractivity contribution is 7.16. The number of piperidine rings is 1. The Hall–Kier alpha value is -2.12. The number of hydrogen-bond acceptors (Lipinski definition) is 6. The number of ether oxygens (including phenoxy) is 2. The first-order chi connectivity index (χ1) is 12.2. The molecule has 1 aromatic carbocycles. The van der Waals surface area contributed by atoms with Crippen LogP contribution in [0.3, 0.4) is 0 Å². The molecule has 1 aromatic heterocycles. The summed E-state index contributed by atoms with van der Waals surface area (Å²) in [6.45, 7) is 3.73. The first-order valence-corrected chi connectivity index (χ1v) is 9.34. The van der Waals surface area contributed by atoms with Crippen LogP contribution < -0.4 is 15.2 Å². The second kappa shape index (κ2) is 6.65. The quantitative estimate of drug-likeness (QED) is 0.912. The van der Waals surface area contributed by atoms with Crippen molar-refractivity contribution < 1.29 is 14.3 Å². The summed E-state index contributed by atoms with van der Waals surface area (Å²) >= 11 is 1.41. The van der Waals surface area contributed by atoms with Crippen LogP contribution in [0.25, 0.3) is 10.6 Å². The largest absolute Gasteiger partial charge is 0.454 e. The summed E-state index contributed by atoms with van der Waals surface area (Å²) in [4.78, 5) is 19.9. The predicted octanol–water partition coefficient (Wildman–Crippen LogP) is 2.74. The fourth-order valence-corrected chi connectivity index (χ4v) is 4.29. The van der Waals surface area contributed by atoms with Gasteiger partial charge in [0.15, 0.2) is 11.5 Å². The zero-order chi connectivity index (χ0) is 17.4. The van der Waals surface area contributed by atoms with Crippen molar-refractivity contribution >= 4 is 17.2 Å². The molecule has 0 radical (unpaired) electrons. The van der Waals surface area contributed by atoms with E-state index in [9.17, 15) is 4.79 Å². The maximum absolute atomic E-state index is 12.9. The third kappa shape index (κ3) is 3.09. The Morgan fingerprint density at radius 3 is 3.08 bits per heavy atom. The van der Waals surface area contributed by atoms with Gasteiger partial charge in [-0.1, -0.05) is 6.92 Å². The topological polar surface area (TPSA) is 77.7 Å². The van der Waals surface area contributed by atoms with E-state index in [1.807, 2.05) is 23.1 Å². The fraction of sp³-hybridized carbons (Fsp3) is 0.444. The average molecular weight is 359 g/mol. The number of aromatic nitrogens is 1. The Bertz CT molecular complexity index is 792. The van der Waals surface area contributed by atoms with Crippen molar-refractivity contribution in [3.63, 3.8) is 0 Å². The standard InChI is InChI=1S/C18H21N3O3S/c1-11-4-5-21(13(6-11)8-19)18(22)16-9-20-17(25-16)12-2-3-14-15(7-12)24-10-23-14/h2-3,7,9,11,13H,4-6,8,10,19H2,1H3. The first-order valence-electron chi connectivity index (χ1n) is 8.52. The summed E-state index contributed by atoms with van der Waals surface area (Å²) in [6, 6.07) is 5.83. The second-order valence-corrected chi connectivity index (χ2v) is 7.65. The van der Waals surface area contributed by atoms with E-state index in [-0.39, 0.29) is 18.7 Å². The number of carbonyl (C=O) groups is 1. The maximum Gasteiger partial charge on any atom is 0.265 e. The molecule has 4 rings (SSSR count). The lowest BCUT2D eigenvalue weighted by Gasteiger charge is -2.37. The van der Waals surface area contributed by atoms with Gasteiger partial charge in [-0.2, -0.15) is 0 Å². The van der Waals surface area contributed by atoms with Crippen molar-refractivity contribution in [3.8, 4) is 22.1 Å². The Morgan fingerprint density at radius 1 is 1.40 bits per heavy atom. The minimum Gasteiger partial charge on any atom is -0.454 e. The number of nitrogens with zero attached hydrogens (tertiary/aromatic N) is 2. The van der Waals surface area contributed by atoms with Gasteiger partial charge in [0, 0.05) is 24.7 Å². The van der Waals surface area contributed by atoms with Crippen molar-refractivity contribution in [3.05, 3.63) is 29.3 Å². The van der Waals surface area contributed by atoms with Gasteiger partial charge in [-0.25, -0.2) is 4.98 Å². The minimum atomic E-state index is 0.0341. The van der Waals surface area contributed by atoms with Gasteiger partial charge in [0.1, 0.15) is 9.88 Å². The molecule has 0 spiro atoms. The molecule has 2 N–H and O–H groups in total. The molecule has 6 nitrogen and oxygen atoms in total. The van der Waals surface area contributed by atoms with Crippen LogP contribution in [-0.2, 0) is 0 Å². The van der Waals surface area contributed by atoms with Gasteiger partial charge in [-0.15, -0.1) is 11.3 Å². The van der Waals surface area contributed by atoms with Crippen LogP contribution in [0.4, 0.5) is 0 Å². The zero-order valence-corrected chi connectivity index (χ0v) is 14.9. The summed E-state index contributed by atoms with van der Waals surface area (Å²) < 4.78 is 10.7. The number of fused-ring (bicyclic) bond motifs is 1. The molecule has 0 bridgehead atoms. The highest BCUT2D eigenvalue weighted by atomic mass is 32.1. The highest BCUT2D eigenvalue weighted by Crippen LogP contribution is 2.37. The number of amides is 1. The van der Waals surface area contributed by atoms with Crippen LogP contribution in [0.1, 0.15) is 29.4 Å². The van der Waals surface area contributed by atoms with Crippen LogP contribution in [-0.4, -0.2) is 41.7 Å². The van der Waals surface area contributed by atoms with Crippen LogP contribution in [0.15, 0.2) is 24.4 Å². The third-order valence-electron chi connectivity index (χ3n) is 4.85. The predicted molar refractivity (Wildman–Crippen MR) is 95.9 cm³/mol. The van der Waals surface area contributed by atoms with Crippen molar-refractivity contribution in [2.24, 2.45) is 11.7 Å². The van der Waals surface area contributed by atoms with Crippen LogP contribution >= 0.6 is 11.3 Å². The van der Waals surface area contributed by atoms with Crippen molar-refractivity contribution in [2.75, 3.05) is 19.9 Å². The van der Waals surface area contributed by atoms with E-state index in [0.717, 1.165) is 35.7 Å². The van der Waals surface area contributed by atoms with Gasteiger partial charge >= 0.3 is 0 Å². The van der Waals surface area contributed by atoms with Crippen molar-refractivity contribution in [2.45, 2.75) is 25.8 Å². The Kier molecular flexibility index (Phi) is 4.35. The minimum absolute atomic E-state index is 0.0341. The van der Waals surface area contributed by atoms with Gasteiger partial charge in [0.05, 0.1) is 6.20 Å². The highest BCUT2D eigenvalue weighted by Gasteiger charge is 2.30. The van der Waals surface area contributed by atoms with Gasteiger partial charge in [0.25, 0.3) is 5.91 Å². The Balaban J connectivity index is 1.55. The van der Waals surface area contributed by atoms with E-state index in [4.69, 9.17) is 15.2 Å². The van der Waals surface area contributed by atoms with Gasteiger partial charge in [-0.05, 0) is 37.0 Å². The van der Waals surface area contributed by atoms with Crippen LogP contribution in [0.2, 0.25) is 0 Å². The van der Waals surface area contributed by atoms with E-state index >= 15 is 0 Å². The fourth-order valence-electron chi connectivity index (χ4n) is 3.42. The molecule has 0 saturated carbocycles. The molecule has 2 aliphatic heterocycles. The third-order valence-corrected chi connectivity index (χ3v) is 5.88. The molecule has 2 aromatic rings. The molecule has 1 amide bonds. The average Bonchev–Trinajstić information content (AvgIpc) is 3.29. The molecule has 2 unspecified atom stereocenters. The normalized spacial score (nSPS) is 22.2. The maximum atomic E-state index is 12.9. The van der Waals surface area contributed by atoms with Crippen LogP contribution in [0, 0.1) is 5.92 Å². The van der Waals surface area contributed by atoms with Gasteiger partial charge < -0.3 is 20.1 Å². The Labute approximate surface area is 150 Å². The lowest BCUT2D eigenvalue weighted by Crippen LogP contribution is -2.49. The van der Waals surface area contributed by atoms with Crippen LogP contribution in [0.5, 0.6) is 11.5 Å². The number of rotatable bonds is 3. The van der Waals surface area contributed by atoms with E-state index in [1.165, 1.54) is 11.3 Å². The summed E-state index contributed by atoms with van der Waals surface area (Å²) in [5.41, 5.74) is 6.81. The number of benzene rings is 1. The van der Waals surface area contributed by atoms with Crippen molar-refractivity contribution in [1.29, 1.82) is 0 Å². The number of carbonyl (C=O) groups excluding carboxylic acids is 1. The summed E-state index contributed by atoms with van der Waals surface area (Å²) in [7, 11) is 0. The molecule has 7 heteroatoms. The second-order valence-electron chi connectivity index (χ2n) is 6.62. The number of hydrogen-bond donors (Lipinski definition) is 1. The van der Waals surface area contributed by atoms with Gasteiger partial charge in [-0.3, -0.25) is 4.79 Å². The van der Waals surface area contributed by atoms with Crippen molar-refractivity contribution in [1.82, 2.24) is 9.88 Å². The summed E-state index contributed by atoms with van der Waals surface area (Å²) in [5, 5.41) is 0.802. The number of thiazole rings is 1. The lowest BCUT2D eigenvalue weighted by atomic mass is 9.92. The van der Waals surface area contributed by atoms with E-state index in [2.05, 4.69) is 11.9 Å². The number of likely N-dealkylation sites (tertiary alicyclic amines) is 1. The summed E-state index contributed by atoms with van der Waals surface area (Å²) in [6.07, 6.45) is 3.66. The molecule has 25 heavy (non-hydrogen) atoms. The molecule has 2 atom stereocenters. The lowest BCUT2D eigenvalue weighted by molar-refractivity contribution is 0.0578. The summed E-state index contributed by atoms with van der Waals surface area (Å²) in [5.74, 6) is 2.11. The van der Waals surface area contributed by atoms with Gasteiger partial charge in [0.2, 0.25) is 6.79 Å². The molecule has 3 heterocycles. The molecule has 132 valence electrons. The SMILES string of the molecule is CC1CCN(C(=O)c2cnc(-c3ccc4c(c3)OCO4)s2)C(CN)C1. The molecular formula is C18H21N3O3S. The molecular weight excluding hydrogens is 338 g/mol.